The van der Waals surface area contributed by atoms with Gasteiger partial charge in [0.15, 0.2) is 0 Å². The van der Waals surface area contributed by atoms with E-state index in [-0.39, 0.29) is 5.91 Å². The van der Waals surface area contributed by atoms with E-state index in [1.54, 1.807) is 12.5 Å². The molecule has 2 aromatic heterocycles. The first-order chi connectivity index (χ1) is 11.3. The highest BCUT2D eigenvalue weighted by atomic mass is 16.2. The third kappa shape index (κ3) is 2.50. The van der Waals surface area contributed by atoms with Gasteiger partial charge in [0.05, 0.1) is 6.33 Å². The van der Waals surface area contributed by atoms with Crippen molar-refractivity contribution >= 4 is 5.91 Å². The smallest absolute Gasteiger partial charge is 0.272 e. The standard InChI is InChI=1S/C18H16N4O/c23-18(22-10-15(11-22)14-7-4-8-19-9-14)17-16(20-12-21-17)13-5-2-1-3-6-13/h1-9,12,15H,10-11H2,(H,20,21). The zero-order valence-electron chi connectivity index (χ0n) is 12.5. The Labute approximate surface area is 134 Å². The molecule has 114 valence electrons. The van der Waals surface area contributed by atoms with Crippen molar-refractivity contribution in [2.24, 2.45) is 0 Å². The van der Waals surface area contributed by atoms with E-state index < -0.39 is 0 Å². The van der Waals surface area contributed by atoms with Gasteiger partial charge in [0, 0.05) is 37.0 Å². The van der Waals surface area contributed by atoms with E-state index in [9.17, 15) is 4.79 Å². The average molecular weight is 304 g/mol. The summed E-state index contributed by atoms with van der Waals surface area (Å²) in [6.07, 6.45) is 5.22. The van der Waals surface area contributed by atoms with Gasteiger partial charge in [-0.05, 0) is 11.6 Å². The van der Waals surface area contributed by atoms with Crippen LogP contribution < -0.4 is 0 Å². The van der Waals surface area contributed by atoms with Gasteiger partial charge in [0.1, 0.15) is 11.4 Å². The normalized spacial score (nSPS) is 14.5. The Hall–Kier alpha value is -2.95. The fraction of sp³-hybridized carbons (Fsp3) is 0.167. The van der Waals surface area contributed by atoms with Gasteiger partial charge in [-0.1, -0.05) is 36.4 Å². The highest BCUT2D eigenvalue weighted by molar-refractivity contribution is 5.98. The average Bonchev–Trinajstić information content (AvgIpc) is 3.05. The molecule has 1 fully saturated rings. The molecule has 0 aliphatic carbocycles. The maximum absolute atomic E-state index is 12.7. The molecule has 0 spiro atoms. The molecule has 4 rings (SSSR count). The van der Waals surface area contributed by atoms with Crippen LogP contribution in [0.3, 0.4) is 0 Å². The second kappa shape index (κ2) is 5.68. The van der Waals surface area contributed by atoms with Crippen LogP contribution in [0.4, 0.5) is 0 Å². The molecule has 1 amide bonds. The summed E-state index contributed by atoms with van der Waals surface area (Å²) in [4.78, 5) is 26.0. The second-order valence-corrected chi connectivity index (χ2v) is 5.69. The van der Waals surface area contributed by atoms with Crippen LogP contribution in [0, 0.1) is 0 Å². The zero-order valence-corrected chi connectivity index (χ0v) is 12.5. The van der Waals surface area contributed by atoms with E-state index in [2.05, 4.69) is 21.0 Å². The SMILES string of the molecule is O=C(c1[nH]cnc1-c1ccccc1)N1CC(c2cccnc2)C1. The van der Waals surface area contributed by atoms with E-state index in [0.717, 1.165) is 18.7 Å². The number of carbonyl (C=O) groups excluding carboxylic acids is 1. The number of nitrogens with one attached hydrogen (secondary N) is 1. The van der Waals surface area contributed by atoms with E-state index in [0.29, 0.717) is 17.3 Å². The Morgan fingerprint density at radius 1 is 1.13 bits per heavy atom. The number of nitrogens with zero attached hydrogens (tertiary/aromatic N) is 3. The Morgan fingerprint density at radius 2 is 1.96 bits per heavy atom. The number of hydrogen-bond donors (Lipinski definition) is 1. The predicted molar refractivity (Wildman–Crippen MR) is 86.9 cm³/mol. The lowest BCUT2D eigenvalue weighted by atomic mass is 9.92. The molecule has 0 radical (unpaired) electrons. The van der Waals surface area contributed by atoms with Crippen LogP contribution in [-0.2, 0) is 0 Å². The molecule has 1 N–H and O–H groups in total. The van der Waals surface area contributed by atoms with Crippen molar-refractivity contribution in [2.45, 2.75) is 5.92 Å². The Kier molecular flexibility index (Phi) is 3.38. The van der Waals surface area contributed by atoms with Crippen LogP contribution in [0.25, 0.3) is 11.3 Å². The van der Waals surface area contributed by atoms with Crippen molar-refractivity contribution in [1.82, 2.24) is 19.9 Å². The molecule has 3 heterocycles. The number of aromatic nitrogens is 3. The number of pyridine rings is 1. The van der Waals surface area contributed by atoms with E-state index in [4.69, 9.17) is 0 Å². The van der Waals surface area contributed by atoms with E-state index >= 15 is 0 Å². The van der Waals surface area contributed by atoms with Crippen LogP contribution in [-0.4, -0.2) is 38.8 Å². The minimum Gasteiger partial charge on any atom is -0.340 e. The van der Waals surface area contributed by atoms with Gasteiger partial charge in [-0.2, -0.15) is 0 Å². The van der Waals surface area contributed by atoms with Crippen molar-refractivity contribution in [3.05, 3.63) is 72.4 Å². The van der Waals surface area contributed by atoms with Gasteiger partial charge in [-0.15, -0.1) is 0 Å². The molecule has 0 saturated carbocycles. The van der Waals surface area contributed by atoms with Gasteiger partial charge in [0.25, 0.3) is 5.91 Å². The fourth-order valence-electron chi connectivity index (χ4n) is 2.90. The van der Waals surface area contributed by atoms with Gasteiger partial charge in [-0.25, -0.2) is 4.98 Å². The molecule has 5 nitrogen and oxygen atoms in total. The number of imidazole rings is 1. The second-order valence-electron chi connectivity index (χ2n) is 5.69. The highest BCUT2D eigenvalue weighted by Crippen LogP contribution is 2.29. The zero-order chi connectivity index (χ0) is 15.6. The summed E-state index contributed by atoms with van der Waals surface area (Å²) in [6, 6.07) is 13.8. The summed E-state index contributed by atoms with van der Waals surface area (Å²) in [5.74, 6) is 0.372. The number of rotatable bonds is 3. The monoisotopic (exact) mass is 304 g/mol. The number of likely N-dealkylation sites (tertiary alicyclic amines) is 1. The van der Waals surface area contributed by atoms with E-state index in [1.165, 1.54) is 5.56 Å². The maximum Gasteiger partial charge on any atom is 0.272 e. The van der Waals surface area contributed by atoms with Crippen molar-refractivity contribution in [2.75, 3.05) is 13.1 Å². The van der Waals surface area contributed by atoms with Crippen LogP contribution in [0.1, 0.15) is 22.0 Å². The lowest BCUT2D eigenvalue weighted by Gasteiger charge is -2.39. The van der Waals surface area contributed by atoms with Gasteiger partial charge in [0.2, 0.25) is 0 Å². The minimum atomic E-state index is 0.00138. The third-order valence-electron chi connectivity index (χ3n) is 4.23. The summed E-state index contributed by atoms with van der Waals surface area (Å²) in [5.41, 5.74) is 3.40. The van der Waals surface area contributed by atoms with Crippen molar-refractivity contribution < 1.29 is 4.79 Å². The lowest BCUT2D eigenvalue weighted by Crippen LogP contribution is -2.48. The Balaban J connectivity index is 1.51. The molecule has 5 heteroatoms. The first kappa shape index (κ1) is 13.7. The molecule has 1 aliphatic rings. The summed E-state index contributed by atoms with van der Waals surface area (Å²) < 4.78 is 0. The molecule has 23 heavy (non-hydrogen) atoms. The molecule has 0 unspecified atom stereocenters. The number of benzene rings is 1. The molecule has 1 aromatic carbocycles. The fourth-order valence-corrected chi connectivity index (χ4v) is 2.90. The largest absolute Gasteiger partial charge is 0.340 e. The first-order valence-corrected chi connectivity index (χ1v) is 7.61. The van der Waals surface area contributed by atoms with E-state index in [1.807, 2.05) is 47.5 Å². The third-order valence-corrected chi connectivity index (χ3v) is 4.23. The Morgan fingerprint density at radius 3 is 2.70 bits per heavy atom. The maximum atomic E-state index is 12.7. The van der Waals surface area contributed by atoms with Crippen molar-refractivity contribution in [3.63, 3.8) is 0 Å². The van der Waals surface area contributed by atoms with Gasteiger partial charge < -0.3 is 9.88 Å². The summed E-state index contributed by atoms with van der Waals surface area (Å²) in [7, 11) is 0. The number of carbonyl (C=O) groups is 1. The number of hydrogen-bond acceptors (Lipinski definition) is 3. The summed E-state index contributed by atoms with van der Waals surface area (Å²) in [5, 5.41) is 0. The van der Waals surface area contributed by atoms with Gasteiger partial charge >= 0.3 is 0 Å². The molecule has 1 saturated heterocycles. The lowest BCUT2D eigenvalue weighted by molar-refractivity contribution is 0.0597. The van der Waals surface area contributed by atoms with Crippen molar-refractivity contribution in [3.8, 4) is 11.3 Å². The Bertz CT molecular complexity index is 807. The predicted octanol–water partition coefficient (Wildman–Crippen LogP) is 2.71. The highest BCUT2D eigenvalue weighted by Gasteiger charge is 2.34. The summed E-state index contributed by atoms with van der Waals surface area (Å²) >= 11 is 0. The number of H-pyrrole nitrogens is 1. The molecule has 3 aromatic rings. The molecule has 1 aliphatic heterocycles. The van der Waals surface area contributed by atoms with Crippen LogP contribution in [0.5, 0.6) is 0 Å². The van der Waals surface area contributed by atoms with Crippen molar-refractivity contribution in [1.29, 1.82) is 0 Å². The first-order valence-electron chi connectivity index (χ1n) is 7.61. The molecular formula is C18H16N4O. The topological polar surface area (TPSA) is 61.9 Å². The van der Waals surface area contributed by atoms with Gasteiger partial charge in [-0.3, -0.25) is 9.78 Å². The number of aromatic amines is 1. The molecular weight excluding hydrogens is 288 g/mol. The molecule has 0 bridgehead atoms. The van der Waals surface area contributed by atoms with Crippen LogP contribution >= 0.6 is 0 Å². The quantitative estimate of drug-likeness (QED) is 0.809. The van der Waals surface area contributed by atoms with Crippen LogP contribution in [0.2, 0.25) is 0 Å². The number of amides is 1. The van der Waals surface area contributed by atoms with Crippen LogP contribution in [0.15, 0.2) is 61.2 Å². The molecule has 0 atom stereocenters. The minimum absolute atomic E-state index is 0.00138. The summed E-state index contributed by atoms with van der Waals surface area (Å²) in [6.45, 7) is 1.44.